The quantitative estimate of drug-likeness (QED) is 0.921. The Bertz CT molecular complexity index is 571. The van der Waals surface area contributed by atoms with Crippen molar-refractivity contribution in [1.82, 2.24) is 10.3 Å². The Morgan fingerprint density at radius 2 is 1.83 bits per heavy atom. The summed E-state index contributed by atoms with van der Waals surface area (Å²) >= 11 is 0. The third-order valence-corrected chi connectivity index (χ3v) is 5.75. The molecule has 130 valence electrons. The van der Waals surface area contributed by atoms with E-state index >= 15 is 0 Å². The van der Waals surface area contributed by atoms with Crippen molar-refractivity contribution >= 4 is 5.71 Å². The first kappa shape index (κ1) is 15.9. The van der Waals surface area contributed by atoms with Crippen LogP contribution in [-0.2, 0) is 0 Å². The molecule has 2 aliphatic heterocycles. The second-order valence-electron chi connectivity index (χ2n) is 7.69. The molecule has 1 aliphatic carbocycles. The molecule has 2 fully saturated rings. The molecular weight excluding hydrogens is 298 g/mol. The summed E-state index contributed by atoms with van der Waals surface area (Å²) in [5.74, 6) is 1.65. The second kappa shape index (κ2) is 7.14. The molecule has 1 unspecified atom stereocenters. The lowest BCUT2D eigenvalue weighted by molar-refractivity contribution is 0.0493. The number of rotatable bonds is 4. The SMILES string of the molecule is CC1CNN=C(c2ccc(OC3CCN(C4CCC4)CC3)cc2)C1. The van der Waals surface area contributed by atoms with Gasteiger partial charge in [-0.3, -0.25) is 0 Å². The third-order valence-electron chi connectivity index (χ3n) is 5.75. The van der Waals surface area contributed by atoms with Gasteiger partial charge < -0.3 is 15.1 Å². The summed E-state index contributed by atoms with van der Waals surface area (Å²) in [7, 11) is 0. The highest BCUT2D eigenvalue weighted by molar-refractivity contribution is 6.00. The molecule has 4 heteroatoms. The van der Waals surface area contributed by atoms with Crippen LogP contribution in [0.1, 0.15) is 51.0 Å². The molecule has 0 bridgehead atoms. The van der Waals surface area contributed by atoms with E-state index < -0.39 is 0 Å². The van der Waals surface area contributed by atoms with Crippen LogP contribution in [0.25, 0.3) is 0 Å². The van der Waals surface area contributed by atoms with Crippen molar-refractivity contribution in [3.63, 3.8) is 0 Å². The standard InChI is InChI=1S/C20H29N3O/c1-15-13-20(22-21-14-15)16-5-7-18(8-6-16)24-19-9-11-23(12-10-19)17-3-2-4-17/h5-8,15,17,19,21H,2-4,9-14H2,1H3. The van der Waals surface area contributed by atoms with E-state index in [1.165, 1.54) is 37.9 Å². The predicted octanol–water partition coefficient (Wildman–Crippen LogP) is 3.42. The van der Waals surface area contributed by atoms with E-state index in [2.05, 4.69) is 46.6 Å². The number of nitrogens with zero attached hydrogens (tertiary/aromatic N) is 2. The first-order valence-electron chi connectivity index (χ1n) is 9.58. The maximum absolute atomic E-state index is 6.22. The maximum Gasteiger partial charge on any atom is 0.119 e. The molecule has 0 amide bonds. The van der Waals surface area contributed by atoms with Gasteiger partial charge in [-0.1, -0.05) is 13.3 Å². The van der Waals surface area contributed by atoms with E-state index in [9.17, 15) is 0 Å². The minimum Gasteiger partial charge on any atom is -0.490 e. The van der Waals surface area contributed by atoms with Crippen LogP contribution in [0, 0.1) is 5.92 Å². The molecular formula is C20H29N3O. The smallest absolute Gasteiger partial charge is 0.119 e. The van der Waals surface area contributed by atoms with Gasteiger partial charge in [-0.05, 0) is 67.9 Å². The highest BCUT2D eigenvalue weighted by Crippen LogP contribution is 2.28. The summed E-state index contributed by atoms with van der Waals surface area (Å²) < 4.78 is 6.22. The van der Waals surface area contributed by atoms with Crippen molar-refractivity contribution in [3.8, 4) is 5.75 Å². The molecule has 4 nitrogen and oxygen atoms in total. The molecule has 0 aromatic heterocycles. The van der Waals surface area contributed by atoms with Crippen molar-refractivity contribution in [3.05, 3.63) is 29.8 Å². The van der Waals surface area contributed by atoms with Crippen LogP contribution in [0.2, 0.25) is 0 Å². The average molecular weight is 327 g/mol. The van der Waals surface area contributed by atoms with Gasteiger partial charge in [-0.2, -0.15) is 5.10 Å². The van der Waals surface area contributed by atoms with E-state index in [1.54, 1.807) is 0 Å². The van der Waals surface area contributed by atoms with Crippen LogP contribution in [0.4, 0.5) is 0 Å². The summed E-state index contributed by atoms with van der Waals surface area (Å²) in [6.45, 7) is 5.64. The Hall–Kier alpha value is -1.55. The van der Waals surface area contributed by atoms with Crippen LogP contribution in [0.5, 0.6) is 5.75 Å². The molecule has 0 radical (unpaired) electrons. The Morgan fingerprint density at radius 3 is 2.46 bits per heavy atom. The van der Waals surface area contributed by atoms with E-state index in [4.69, 9.17) is 4.74 Å². The molecule has 4 rings (SSSR count). The number of hydrogen-bond donors (Lipinski definition) is 1. The van der Waals surface area contributed by atoms with Crippen molar-refractivity contribution < 1.29 is 4.74 Å². The fourth-order valence-electron chi connectivity index (χ4n) is 3.96. The minimum atomic E-state index is 0.376. The first-order chi connectivity index (χ1) is 11.8. The maximum atomic E-state index is 6.22. The lowest BCUT2D eigenvalue weighted by Gasteiger charge is -2.41. The monoisotopic (exact) mass is 327 g/mol. The molecule has 1 aromatic rings. The minimum absolute atomic E-state index is 0.376. The zero-order chi connectivity index (χ0) is 16.4. The van der Waals surface area contributed by atoms with Gasteiger partial charge in [-0.25, -0.2) is 0 Å². The number of nitrogens with one attached hydrogen (secondary N) is 1. The Morgan fingerprint density at radius 1 is 1.08 bits per heavy atom. The summed E-state index contributed by atoms with van der Waals surface area (Å²) in [5.41, 5.74) is 5.51. The van der Waals surface area contributed by atoms with Crippen LogP contribution >= 0.6 is 0 Å². The molecule has 1 atom stereocenters. The van der Waals surface area contributed by atoms with E-state index in [1.807, 2.05) is 0 Å². The molecule has 1 aromatic carbocycles. The normalized spacial score (nSPS) is 26.4. The largest absolute Gasteiger partial charge is 0.490 e. The van der Waals surface area contributed by atoms with Crippen LogP contribution in [0.3, 0.4) is 0 Å². The molecule has 1 N–H and O–H groups in total. The lowest BCUT2D eigenvalue weighted by Crippen LogP contribution is -2.46. The van der Waals surface area contributed by atoms with Crippen molar-refractivity contribution in [1.29, 1.82) is 0 Å². The van der Waals surface area contributed by atoms with Crippen molar-refractivity contribution in [2.45, 2.75) is 57.6 Å². The van der Waals surface area contributed by atoms with Gasteiger partial charge in [0.2, 0.25) is 0 Å². The summed E-state index contributed by atoms with van der Waals surface area (Å²) in [4.78, 5) is 2.67. The van der Waals surface area contributed by atoms with Gasteiger partial charge in [-0.15, -0.1) is 0 Å². The molecule has 3 aliphatic rings. The average Bonchev–Trinajstić information content (AvgIpc) is 2.56. The number of hydrogen-bond acceptors (Lipinski definition) is 4. The zero-order valence-electron chi connectivity index (χ0n) is 14.7. The topological polar surface area (TPSA) is 36.9 Å². The lowest BCUT2D eigenvalue weighted by atomic mass is 9.90. The Labute approximate surface area is 145 Å². The Kier molecular flexibility index (Phi) is 4.74. The summed E-state index contributed by atoms with van der Waals surface area (Å²) in [6.07, 6.45) is 7.98. The van der Waals surface area contributed by atoms with Gasteiger partial charge in [0, 0.05) is 25.7 Å². The molecule has 0 spiro atoms. The molecule has 24 heavy (non-hydrogen) atoms. The molecule has 1 saturated carbocycles. The third kappa shape index (κ3) is 3.59. The van der Waals surface area contributed by atoms with Gasteiger partial charge >= 0.3 is 0 Å². The van der Waals surface area contributed by atoms with Gasteiger partial charge in [0.05, 0.1) is 5.71 Å². The highest BCUT2D eigenvalue weighted by atomic mass is 16.5. The zero-order valence-corrected chi connectivity index (χ0v) is 14.7. The van der Waals surface area contributed by atoms with Crippen molar-refractivity contribution in [2.24, 2.45) is 11.0 Å². The molecule has 2 heterocycles. The number of likely N-dealkylation sites (tertiary alicyclic amines) is 1. The van der Waals surface area contributed by atoms with Gasteiger partial charge in [0.1, 0.15) is 11.9 Å². The second-order valence-corrected chi connectivity index (χ2v) is 7.69. The van der Waals surface area contributed by atoms with Crippen molar-refractivity contribution in [2.75, 3.05) is 19.6 Å². The summed E-state index contributed by atoms with van der Waals surface area (Å²) in [6, 6.07) is 9.39. The van der Waals surface area contributed by atoms with E-state index in [0.717, 1.165) is 43.3 Å². The van der Waals surface area contributed by atoms with Crippen LogP contribution in [-0.4, -0.2) is 42.4 Å². The summed E-state index contributed by atoms with van der Waals surface area (Å²) in [5, 5.41) is 4.45. The number of ether oxygens (including phenoxy) is 1. The molecule has 1 saturated heterocycles. The van der Waals surface area contributed by atoms with E-state index in [0.29, 0.717) is 12.0 Å². The number of hydrazone groups is 1. The predicted molar refractivity (Wildman–Crippen MR) is 97.6 cm³/mol. The number of piperidine rings is 1. The number of benzene rings is 1. The first-order valence-corrected chi connectivity index (χ1v) is 9.58. The Balaban J connectivity index is 1.30. The fourth-order valence-corrected chi connectivity index (χ4v) is 3.96. The fraction of sp³-hybridized carbons (Fsp3) is 0.650. The van der Waals surface area contributed by atoms with Gasteiger partial charge in [0.15, 0.2) is 0 Å². The highest BCUT2D eigenvalue weighted by Gasteiger charge is 2.29. The van der Waals surface area contributed by atoms with E-state index in [-0.39, 0.29) is 0 Å². The van der Waals surface area contributed by atoms with Crippen LogP contribution in [0.15, 0.2) is 29.4 Å². The van der Waals surface area contributed by atoms with Crippen LogP contribution < -0.4 is 10.2 Å². The van der Waals surface area contributed by atoms with Gasteiger partial charge in [0.25, 0.3) is 0 Å².